The van der Waals surface area contributed by atoms with E-state index >= 15 is 0 Å². The highest BCUT2D eigenvalue weighted by atomic mass is 79.9. The summed E-state index contributed by atoms with van der Waals surface area (Å²) in [6.45, 7) is 2.83. The van der Waals surface area contributed by atoms with Crippen molar-refractivity contribution in [3.63, 3.8) is 0 Å². The molecule has 0 atom stereocenters. The molecule has 3 heterocycles. The Balaban J connectivity index is 1.39. The van der Waals surface area contributed by atoms with E-state index in [2.05, 4.69) is 30.9 Å². The van der Waals surface area contributed by atoms with Crippen molar-refractivity contribution in [2.45, 2.75) is 0 Å². The van der Waals surface area contributed by atoms with Crippen LogP contribution in [0.4, 0.5) is 5.82 Å². The topological polar surface area (TPSA) is 54.3 Å². The average molecular weight is 447 g/mol. The number of anilines is 1. The van der Waals surface area contributed by atoms with Gasteiger partial charge in [-0.2, -0.15) is 5.10 Å². The second-order valence-electron chi connectivity index (χ2n) is 6.26. The monoisotopic (exact) mass is 445 g/mol. The Kier molecular flexibility index (Phi) is 5.13. The highest BCUT2D eigenvalue weighted by Gasteiger charge is 2.22. The van der Waals surface area contributed by atoms with Gasteiger partial charge in [0.25, 0.3) is 5.91 Å². The Hall–Kier alpha value is -2.38. The van der Waals surface area contributed by atoms with Gasteiger partial charge in [-0.05, 0) is 52.3 Å². The molecule has 1 aliphatic heterocycles. The fourth-order valence-electron chi connectivity index (χ4n) is 3.08. The summed E-state index contributed by atoms with van der Waals surface area (Å²) in [7, 11) is 0. The lowest BCUT2D eigenvalue weighted by Crippen LogP contribution is -2.49. The zero-order valence-electron chi connectivity index (χ0n) is 14.4. The maximum atomic E-state index is 12.8. The minimum atomic E-state index is 0.0481. The number of piperazine rings is 1. The summed E-state index contributed by atoms with van der Waals surface area (Å²) in [5, 5.41) is 4.87. The first-order chi connectivity index (χ1) is 13.1. The van der Waals surface area contributed by atoms with Crippen molar-refractivity contribution in [2.75, 3.05) is 31.1 Å². The molecule has 3 aromatic rings. The molecule has 1 fully saturated rings. The lowest BCUT2D eigenvalue weighted by Gasteiger charge is -2.35. The Bertz CT molecular complexity index is 933. The molecular formula is C19H17BrClN5O. The summed E-state index contributed by atoms with van der Waals surface area (Å²) < 4.78 is 2.67. The molecule has 1 aromatic carbocycles. The zero-order chi connectivity index (χ0) is 18.8. The third kappa shape index (κ3) is 3.99. The van der Waals surface area contributed by atoms with Crippen LogP contribution in [-0.2, 0) is 0 Å². The third-order valence-electron chi connectivity index (χ3n) is 4.53. The predicted molar refractivity (Wildman–Crippen MR) is 109 cm³/mol. The fraction of sp³-hybridized carbons (Fsp3) is 0.211. The van der Waals surface area contributed by atoms with E-state index in [1.165, 1.54) is 0 Å². The van der Waals surface area contributed by atoms with Gasteiger partial charge in [-0.25, -0.2) is 9.67 Å². The smallest absolute Gasteiger partial charge is 0.253 e. The van der Waals surface area contributed by atoms with Gasteiger partial charge in [0, 0.05) is 44.1 Å². The number of halogens is 2. The van der Waals surface area contributed by atoms with Gasteiger partial charge in [0.05, 0.1) is 21.4 Å². The van der Waals surface area contributed by atoms with Crippen LogP contribution in [0.2, 0.25) is 5.02 Å². The van der Waals surface area contributed by atoms with Crippen molar-refractivity contribution in [2.24, 2.45) is 0 Å². The molecule has 138 valence electrons. The molecular weight excluding hydrogens is 430 g/mol. The summed E-state index contributed by atoms with van der Waals surface area (Å²) in [6, 6.07) is 11.2. The number of benzene rings is 1. The van der Waals surface area contributed by atoms with Gasteiger partial charge in [-0.15, -0.1) is 0 Å². The Labute approximate surface area is 170 Å². The molecule has 1 saturated heterocycles. The maximum absolute atomic E-state index is 12.8. The highest BCUT2D eigenvalue weighted by Crippen LogP contribution is 2.18. The molecule has 2 aromatic heterocycles. The summed E-state index contributed by atoms with van der Waals surface area (Å²) in [4.78, 5) is 21.2. The summed E-state index contributed by atoms with van der Waals surface area (Å²) in [5.74, 6) is 0.938. The summed E-state index contributed by atoms with van der Waals surface area (Å²) >= 11 is 9.28. The second-order valence-corrected chi connectivity index (χ2v) is 7.62. The largest absolute Gasteiger partial charge is 0.353 e. The number of rotatable bonds is 3. The van der Waals surface area contributed by atoms with Gasteiger partial charge in [-0.1, -0.05) is 11.6 Å². The molecule has 0 radical (unpaired) electrons. The fourth-order valence-corrected chi connectivity index (χ4v) is 3.47. The standard InChI is InChI=1S/C19H17BrClN5O/c20-15-11-23-26(13-15)17-4-1-14(2-5-17)19(27)25-9-7-24(8-10-25)18-6-3-16(21)12-22-18/h1-6,11-13H,7-10H2. The van der Waals surface area contributed by atoms with Crippen LogP contribution in [0, 0.1) is 0 Å². The molecule has 0 N–H and O–H groups in total. The normalized spacial score (nSPS) is 14.4. The quantitative estimate of drug-likeness (QED) is 0.616. The van der Waals surface area contributed by atoms with Crippen LogP contribution in [0.3, 0.4) is 0 Å². The van der Waals surface area contributed by atoms with Gasteiger partial charge in [-0.3, -0.25) is 4.79 Å². The molecule has 8 heteroatoms. The molecule has 0 aliphatic carbocycles. The van der Waals surface area contributed by atoms with Crippen molar-refractivity contribution in [3.8, 4) is 5.69 Å². The van der Waals surface area contributed by atoms with Gasteiger partial charge in [0.1, 0.15) is 5.82 Å². The highest BCUT2D eigenvalue weighted by molar-refractivity contribution is 9.10. The first-order valence-electron chi connectivity index (χ1n) is 8.56. The van der Waals surface area contributed by atoms with Gasteiger partial charge in [0.2, 0.25) is 0 Å². The van der Waals surface area contributed by atoms with Crippen LogP contribution in [0.15, 0.2) is 59.5 Å². The number of pyridine rings is 1. The van der Waals surface area contributed by atoms with E-state index in [1.54, 1.807) is 17.1 Å². The molecule has 27 heavy (non-hydrogen) atoms. The van der Waals surface area contributed by atoms with E-state index < -0.39 is 0 Å². The number of aromatic nitrogens is 3. The molecule has 6 nitrogen and oxygen atoms in total. The third-order valence-corrected chi connectivity index (χ3v) is 5.17. The molecule has 0 bridgehead atoms. The lowest BCUT2D eigenvalue weighted by atomic mass is 10.1. The SMILES string of the molecule is O=C(c1ccc(-n2cc(Br)cn2)cc1)N1CCN(c2ccc(Cl)cn2)CC1. The Morgan fingerprint density at radius 1 is 1.00 bits per heavy atom. The van der Waals surface area contributed by atoms with Crippen LogP contribution >= 0.6 is 27.5 Å². The second kappa shape index (κ2) is 7.70. The van der Waals surface area contributed by atoms with E-state index in [0.29, 0.717) is 23.7 Å². The van der Waals surface area contributed by atoms with Crippen LogP contribution in [0.25, 0.3) is 5.69 Å². The molecule has 1 amide bonds. The van der Waals surface area contributed by atoms with Gasteiger partial charge < -0.3 is 9.80 Å². The zero-order valence-corrected chi connectivity index (χ0v) is 16.8. The van der Waals surface area contributed by atoms with Crippen LogP contribution in [0.1, 0.15) is 10.4 Å². The van der Waals surface area contributed by atoms with Crippen LogP contribution in [0.5, 0.6) is 0 Å². The van der Waals surface area contributed by atoms with Crippen molar-refractivity contribution in [3.05, 3.63) is 70.0 Å². The lowest BCUT2D eigenvalue weighted by molar-refractivity contribution is 0.0746. The van der Waals surface area contributed by atoms with Crippen molar-refractivity contribution in [1.29, 1.82) is 0 Å². The van der Waals surface area contributed by atoms with Crippen molar-refractivity contribution in [1.82, 2.24) is 19.7 Å². The van der Waals surface area contributed by atoms with E-state index in [9.17, 15) is 4.79 Å². The van der Waals surface area contributed by atoms with E-state index in [1.807, 2.05) is 47.5 Å². The Morgan fingerprint density at radius 3 is 2.33 bits per heavy atom. The number of carbonyl (C=O) groups excluding carboxylic acids is 1. The molecule has 4 rings (SSSR count). The number of amides is 1. The molecule has 0 spiro atoms. The first kappa shape index (κ1) is 18.0. The van der Waals surface area contributed by atoms with E-state index in [4.69, 9.17) is 11.6 Å². The number of carbonyl (C=O) groups is 1. The van der Waals surface area contributed by atoms with Crippen LogP contribution in [-0.4, -0.2) is 51.8 Å². The van der Waals surface area contributed by atoms with Crippen molar-refractivity contribution < 1.29 is 4.79 Å². The number of hydrogen-bond donors (Lipinski definition) is 0. The Morgan fingerprint density at radius 2 is 1.74 bits per heavy atom. The minimum Gasteiger partial charge on any atom is -0.353 e. The minimum absolute atomic E-state index is 0.0481. The summed E-state index contributed by atoms with van der Waals surface area (Å²) in [5.41, 5.74) is 1.60. The van der Waals surface area contributed by atoms with E-state index in [0.717, 1.165) is 29.1 Å². The molecule has 0 saturated carbocycles. The summed E-state index contributed by atoms with van der Waals surface area (Å²) in [6.07, 6.45) is 5.25. The van der Waals surface area contributed by atoms with E-state index in [-0.39, 0.29) is 5.91 Å². The maximum Gasteiger partial charge on any atom is 0.253 e. The van der Waals surface area contributed by atoms with Gasteiger partial charge in [0.15, 0.2) is 0 Å². The van der Waals surface area contributed by atoms with Gasteiger partial charge >= 0.3 is 0 Å². The predicted octanol–water partition coefficient (Wildman–Crippen LogP) is 3.65. The number of hydrogen-bond acceptors (Lipinski definition) is 4. The first-order valence-corrected chi connectivity index (χ1v) is 9.74. The molecule has 0 unspecified atom stereocenters. The number of nitrogens with zero attached hydrogens (tertiary/aromatic N) is 5. The van der Waals surface area contributed by atoms with Crippen molar-refractivity contribution >= 4 is 39.3 Å². The molecule has 1 aliphatic rings. The van der Waals surface area contributed by atoms with Crippen LogP contribution < -0.4 is 4.90 Å². The average Bonchev–Trinajstić information content (AvgIpc) is 3.15.